The summed E-state index contributed by atoms with van der Waals surface area (Å²) >= 11 is 0. The average Bonchev–Trinajstić information content (AvgIpc) is 2.50. The van der Waals surface area contributed by atoms with Gasteiger partial charge in [-0.15, -0.1) is 0 Å². The van der Waals surface area contributed by atoms with E-state index in [2.05, 4.69) is 24.1 Å². The van der Waals surface area contributed by atoms with Crippen molar-refractivity contribution < 1.29 is 9.53 Å². The molecule has 0 bridgehead atoms. The van der Waals surface area contributed by atoms with Crippen LogP contribution in [0.3, 0.4) is 0 Å². The summed E-state index contributed by atoms with van der Waals surface area (Å²) < 4.78 is 5.11. The van der Waals surface area contributed by atoms with E-state index in [4.69, 9.17) is 4.74 Å². The molecule has 0 heterocycles. The van der Waals surface area contributed by atoms with E-state index in [1.807, 2.05) is 24.3 Å². The predicted octanol–water partition coefficient (Wildman–Crippen LogP) is 2.09. The highest BCUT2D eigenvalue weighted by atomic mass is 16.5. The average molecular weight is 278 g/mol. The molecule has 0 aliphatic heterocycles. The molecule has 0 aliphatic rings. The van der Waals surface area contributed by atoms with Crippen molar-refractivity contribution in [3.63, 3.8) is 0 Å². The first-order valence-electron chi connectivity index (χ1n) is 7.31. The molecule has 112 valence electrons. The number of rotatable bonds is 9. The van der Waals surface area contributed by atoms with Crippen LogP contribution in [0.25, 0.3) is 0 Å². The molecule has 0 spiro atoms. The molecule has 0 radical (unpaired) electrons. The zero-order valence-electron chi connectivity index (χ0n) is 12.8. The fourth-order valence-corrected chi connectivity index (χ4v) is 2.03. The zero-order chi connectivity index (χ0) is 14.8. The summed E-state index contributed by atoms with van der Waals surface area (Å²) in [6, 6.07) is 7.85. The Balaban J connectivity index is 2.22. The number of likely N-dealkylation sites (N-methyl/N-ethyl adjacent to an activating group) is 1. The van der Waals surface area contributed by atoms with E-state index in [-0.39, 0.29) is 5.91 Å². The third-order valence-corrected chi connectivity index (χ3v) is 3.44. The lowest BCUT2D eigenvalue weighted by molar-refractivity contribution is -0.121. The van der Waals surface area contributed by atoms with Gasteiger partial charge in [0, 0.05) is 19.5 Å². The van der Waals surface area contributed by atoms with E-state index in [9.17, 15) is 4.79 Å². The predicted molar refractivity (Wildman–Crippen MR) is 82.1 cm³/mol. The minimum Gasteiger partial charge on any atom is -0.497 e. The number of carbonyl (C=O) groups is 1. The molecule has 4 heteroatoms. The maximum absolute atomic E-state index is 11.7. The van der Waals surface area contributed by atoms with Gasteiger partial charge in [0.2, 0.25) is 5.91 Å². The SMILES string of the molecule is CCN(CC)CCNC(=O)CCc1ccc(OC)cc1. The van der Waals surface area contributed by atoms with Gasteiger partial charge in [-0.1, -0.05) is 26.0 Å². The van der Waals surface area contributed by atoms with Crippen LogP contribution in [0.4, 0.5) is 0 Å². The fraction of sp³-hybridized carbons (Fsp3) is 0.562. The van der Waals surface area contributed by atoms with Crippen molar-refractivity contribution in [3.8, 4) is 5.75 Å². The lowest BCUT2D eigenvalue weighted by Crippen LogP contribution is -2.34. The Morgan fingerprint density at radius 2 is 1.85 bits per heavy atom. The molecule has 0 saturated carbocycles. The van der Waals surface area contributed by atoms with Crippen molar-refractivity contribution in [3.05, 3.63) is 29.8 Å². The molecule has 1 amide bonds. The van der Waals surface area contributed by atoms with Crippen LogP contribution in [0.2, 0.25) is 0 Å². The number of aryl methyl sites for hydroxylation is 1. The summed E-state index contributed by atoms with van der Waals surface area (Å²) in [6.07, 6.45) is 1.30. The van der Waals surface area contributed by atoms with E-state index in [0.717, 1.165) is 43.9 Å². The number of benzene rings is 1. The van der Waals surface area contributed by atoms with Gasteiger partial charge in [-0.25, -0.2) is 0 Å². The van der Waals surface area contributed by atoms with Crippen LogP contribution in [0.15, 0.2) is 24.3 Å². The van der Waals surface area contributed by atoms with E-state index >= 15 is 0 Å². The Morgan fingerprint density at radius 3 is 2.40 bits per heavy atom. The molecule has 1 aromatic carbocycles. The van der Waals surface area contributed by atoms with Crippen LogP contribution < -0.4 is 10.1 Å². The summed E-state index contributed by atoms with van der Waals surface area (Å²) in [5.74, 6) is 0.963. The number of nitrogens with zero attached hydrogens (tertiary/aromatic N) is 1. The lowest BCUT2D eigenvalue weighted by Gasteiger charge is -2.17. The molecule has 20 heavy (non-hydrogen) atoms. The Kier molecular flexibility index (Phi) is 7.73. The van der Waals surface area contributed by atoms with Gasteiger partial charge in [-0.3, -0.25) is 4.79 Å². The first kappa shape index (κ1) is 16.5. The highest BCUT2D eigenvalue weighted by Gasteiger charge is 2.04. The topological polar surface area (TPSA) is 41.6 Å². The number of ether oxygens (including phenoxy) is 1. The Hall–Kier alpha value is -1.55. The zero-order valence-corrected chi connectivity index (χ0v) is 12.8. The lowest BCUT2D eigenvalue weighted by atomic mass is 10.1. The smallest absolute Gasteiger partial charge is 0.220 e. The van der Waals surface area contributed by atoms with Crippen molar-refractivity contribution in [1.29, 1.82) is 0 Å². The first-order valence-corrected chi connectivity index (χ1v) is 7.31. The maximum Gasteiger partial charge on any atom is 0.220 e. The van der Waals surface area contributed by atoms with Crippen LogP contribution in [-0.4, -0.2) is 44.1 Å². The molecule has 0 aromatic heterocycles. The first-order chi connectivity index (χ1) is 9.69. The number of hydrogen-bond acceptors (Lipinski definition) is 3. The summed E-state index contributed by atoms with van der Waals surface area (Å²) in [5.41, 5.74) is 1.16. The summed E-state index contributed by atoms with van der Waals surface area (Å²) in [4.78, 5) is 14.0. The molecular weight excluding hydrogens is 252 g/mol. The second-order valence-corrected chi connectivity index (χ2v) is 4.72. The van der Waals surface area contributed by atoms with Crippen molar-refractivity contribution in [2.24, 2.45) is 0 Å². The van der Waals surface area contributed by atoms with E-state index < -0.39 is 0 Å². The molecule has 1 N–H and O–H groups in total. The van der Waals surface area contributed by atoms with Gasteiger partial charge in [0.15, 0.2) is 0 Å². The molecule has 0 aliphatic carbocycles. The standard InChI is InChI=1S/C16H26N2O2/c1-4-18(5-2)13-12-17-16(19)11-8-14-6-9-15(20-3)10-7-14/h6-7,9-10H,4-5,8,11-13H2,1-3H3,(H,17,19). The number of methoxy groups -OCH3 is 1. The minimum atomic E-state index is 0.118. The van der Waals surface area contributed by atoms with Crippen molar-refractivity contribution in [2.45, 2.75) is 26.7 Å². The van der Waals surface area contributed by atoms with Gasteiger partial charge in [0.1, 0.15) is 5.75 Å². The number of amides is 1. The van der Waals surface area contributed by atoms with Gasteiger partial charge in [0.25, 0.3) is 0 Å². The van der Waals surface area contributed by atoms with E-state index in [1.165, 1.54) is 0 Å². The second-order valence-electron chi connectivity index (χ2n) is 4.72. The molecule has 1 aromatic rings. The number of carbonyl (C=O) groups excluding carboxylic acids is 1. The number of hydrogen-bond donors (Lipinski definition) is 1. The molecule has 0 unspecified atom stereocenters. The molecule has 0 saturated heterocycles. The van der Waals surface area contributed by atoms with E-state index in [0.29, 0.717) is 6.42 Å². The van der Waals surface area contributed by atoms with Crippen LogP contribution >= 0.6 is 0 Å². The third-order valence-electron chi connectivity index (χ3n) is 3.44. The van der Waals surface area contributed by atoms with Gasteiger partial charge in [0.05, 0.1) is 7.11 Å². The Morgan fingerprint density at radius 1 is 1.20 bits per heavy atom. The normalized spacial score (nSPS) is 10.6. The van der Waals surface area contributed by atoms with E-state index in [1.54, 1.807) is 7.11 Å². The highest BCUT2D eigenvalue weighted by molar-refractivity contribution is 5.76. The molecule has 0 fully saturated rings. The quantitative estimate of drug-likeness (QED) is 0.752. The molecule has 0 atom stereocenters. The fourth-order valence-electron chi connectivity index (χ4n) is 2.03. The number of nitrogens with one attached hydrogen (secondary N) is 1. The summed E-state index contributed by atoms with van der Waals surface area (Å²) in [6.45, 7) is 7.96. The Labute approximate surface area is 122 Å². The molecular formula is C16H26N2O2. The van der Waals surface area contributed by atoms with Crippen LogP contribution in [0.5, 0.6) is 5.75 Å². The van der Waals surface area contributed by atoms with Crippen LogP contribution in [0, 0.1) is 0 Å². The van der Waals surface area contributed by atoms with Gasteiger partial charge >= 0.3 is 0 Å². The monoisotopic (exact) mass is 278 g/mol. The minimum absolute atomic E-state index is 0.118. The van der Waals surface area contributed by atoms with Crippen molar-refractivity contribution in [1.82, 2.24) is 10.2 Å². The van der Waals surface area contributed by atoms with Crippen molar-refractivity contribution >= 4 is 5.91 Å². The highest BCUT2D eigenvalue weighted by Crippen LogP contribution is 2.12. The van der Waals surface area contributed by atoms with Crippen LogP contribution in [0.1, 0.15) is 25.8 Å². The largest absolute Gasteiger partial charge is 0.497 e. The Bertz CT molecular complexity index is 386. The third kappa shape index (κ3) is 6.06. The second kappa shape index (κ2) is 9.37. The van der Waals surface area contributed by atoms with Crippen molar-refractivity contribution in [2.75, 3.05) is 33.3 Å². The van der Waals surface area contributed by atoms with Gasteiger partial charge < -0.3 is 15.0 Å². The summed E-state index contributed by atoms with van der Waals surface area (Å²) in [5, 5.41) is 2.97. The molecule has 1 rings (SSSR count). The van der Waals surface area contributed by atoms with Crippen LogP contribution in [-0.2, 0) is 11.2 Å². The maximum atomic E-state index is 11.7. The van der Waals surface area contributed by atoms with Gasteiger partial charge in [-0.2, -0.15) is 0 Å². The summed E-state index contributed by atoms with van der Waals surface area (Å²) in [7, 11) is 1.65. The molecule has 4 nitrogen and oxygen atoms in total. The van der Waals surface area contributed by atoms with Gasteiger partial charge in [-0.05, 0) is 37.2 Å².